The van der Waals surface area contributed by atoms with E-state index < -0.39 is 0 Å². The number of hydrogen-bond acceptors (Lipinski definition) is 2. The molecule has 220 valence electrons. The second-order valence-corrected chi connectivity index (χ2v) is 12.0. The van der Waals surface area contributed by atoms with Gasteiger partial charge in [-0.05, 0) is 60.7 Å². The SMILES string of the molecule is c1ccc(-n2c3c(c4ccccc42)-c2ccccc2N(c2cccc(-n4c5ccccc5c5cnccc54)c2)c2ccccc2-3)cc1. The van der Waals surface area contributed by atoms with Gasteiger partial charge in [-0.2, -0.15) is 0 Å². The molecule has 4 heteroatoms. The van der Waals surface area contributed by atoms with E-state index in [1.807, 2.05) is 12.4 Å². The lowest BCUT2D eigenvalue weighted by Crippen LogP contribution is -2.11. The van der Waals surface area contributed by atoms with E-state index in [9.17, 15) is 0 Å². The summed E-state index contributed by atoms with van der Waals surface area (Å²) < 4.78 is 4.80. The summed E-state index contributed by atoms with van der Waals surface area (Å²) in [6.45, 7) is 0. The van der Waals surface area contributed by atoms with Crippen LogP contribution >= 0.6 is 0 Å². The van der Waals surface area contributed by atoms with Crippen molar-refractivity contribution in [2.45, 2.75) is 0 Å². The molecule has 3 aromatic heterocycles. The number of para-hydroxylation sites is 5. The Morgan fingerprint density at radius 2 is 1.00 bits per heavy atom. The lowest BCUT2D eigenvalue weighted by atomic mass is 9.98. The number of pyridine rings is 1. The van der Waals surface area contributed by atoms with Crippen LogP contribution < -0.4 is 4.90 Å². The van der Waals surface area contributed by atoms with Crippen LogP contribution in [-0.4, -0.2) is 14.1 Å². The third-order valence-electron chi connectivity index (χ3n) is 9.52. The van der Waals surface area contributed by atoms with Gasteiger partial charge >= 0.3 is 0 Å². The molecule has 0 saturated carbocycles. The molecule has 10 rings (SSSR count). The molecule has 1 aliphatic heterocycles. The predicted molar refractivity (Wildman–Crippen MR) is 195 cm³/mol. The van der Waals surface area contributed by atoms with E-state index in [0.29, 0.717) is 0 Å². The molecule has 0 aliphatic carbocycles. The number of nitrogens with zero attached hydrogens (tertiary/aromatic N) is 4. The zero-order valence-electron chi connectivity index (χ0n) is 25.5. The fraction of sp³-hybridized carbons (Fsp3) is 0. The first-order valence-corrected chi connectivity index (χ1v) is 16.0. The number of anilines is 3. The van der Waals surface area contributed by atoms with Crippen LogP contribution in [0.15, 0.2) is 170 Å². The van der Waals surface area contributed by atoms with E-state index in [1.165, 1.54) is 44.2 Å². The summed E-state index contributed by atoms with van der Waals surface area (Å²) in [6.07, 6.45) is 3.86. The molecule has 6 aromatic carbocycles. The first kappa shape index (κ1) is 25.9. The maximum absolute atomic E-state index is 4.46. The van der Waals surface area contributed by atoms with Crippen molar-refractivity contribution in [3.05, 3.63) is 170 Å². The molecule has 0 radical (unpaired) electrons. The molecule has 4 heterocycles. The molecule has 0 bridgehead atoms. The minimum atomic E-state index is 1.10. The number of fused-ring (bicyclic) bond motifs is 10. The first-order valence-electron chi connectivity index (χ1n) is 16.0. The summed E-state index contributed by atoms with van der Waals surface area (Å²) in [4.78, 5) is 6.90. The summed E-state index contributed by atoms with van der Waals surface area (Å²) in [6, 6.07) is 56.9. The molecule has 0 atom stereocenters. The minimum Gasteiger partial charge on any atom is -0.309 e. The van der Waals surface area contributed by atoms with Gasteiger partial charge in [0.2, 0.25) is 0 Å². The highest BCUT2D eigenvalue weighted by atomic mass is 15.2. The van der Waals surface area contributed by atoms with Crippen molar-refractivity contribution in [1.29, 1.82) is 0 Å². The summed E-state index contributed by atoms with van der Waals surface area (Å²) in [5.41, 5.74) is 14.0. The van der Waals surface area contributed by atoms with Crippen LogP contribution in [0.25, 0.3) is 66.5 Å². The van der Waals surface area contributed by atoms with E-state index in [-0.39, 0.29) is 0 Å². The molecule has 0 amide bonds. The van der Waals surface area contributed by atoms with Gasteiger partial charge in [0.1, 0.15) is 0 Å². The lowest BCUT2D eigenvalue weighted by molar-refractivity contribution is 1.13. The maximum Gasteiger partial charge on any atom is 0.0641 e. The normalized spacial score (nSPS) is 12.2. The van der Waals surface area contributed by atoms with Crippen LogP contribution in [-0.2, 0) is 0 Å². The molecular formula is C43H28N4. The molecule has 47 heavy (non-hydrogen) atoms. The van der Waals surface area contributed by atoms with Crippen LogP contribution in [0.5, 0.6) is 0 Å². The molecule has 9 aromatic rings. The largest absolute Gasteiger partial charge is 0.309 e. The standard InChI is InChI=1S/C43H28N4/c1-2-13-29(14-3-1)47-39-23-10-6-19-34(39)42-33-18-5-9-22-38(33)46(40-24-11-7-20-35(40)43(42)47)31-16-12-15-30(27-31)45-37-21-8-4-17-32(37)36-28-44-26-25-41(36)45/h1-28H. The van der Waals surface area contributed by atoms with E-state index >= 15 is 0 Å². The Bertz CT molecular complexity index is 2590. The molecule has 1 aliphatic rings. The number of aromatic nitrogens is 3. The third kappa shape index (κ3) is 3.73. The Labute approximate surface area is 272 Å². The van der Waals surface area contributed by atoms with Gasteiger partial charge in [0, 0.05) is 62.3 Å². The number of benzene rings is 6. The van der Waals surface area contributed by atoms with Crippen LogP contribution in [0.2, 0.25) is 0 Å². The highest BCUT2D eigenvalue weighted by molar-refractivity contribution is 6.13. The zero-order valence-corrected chi connectivity index (χ0v) is 25.5. The van der Waals surface area contributed by atoms with Crippen molar-refractivity contribution in [1.82, 2.24) is 14.1 Å². The monoisotopic (exact) mass is 600 g/mol. The van der Waals surface area contributed by atoms with Crippen LogP contribution in [0.1, 0.15) is 0 Å². The van der Waals surface area contributed by atoms with Crippen LogP contribution in [0.4, 0.5) is 17.1 Å². The van der Waals surface area contributed by atoms with Gasteiger partial charge in [-0.15, -0.1) is 0 Å². The van der Waals surface area contributed by atoms with Crippen molar-refractivity contribution in [2.24, 2.45) is 0 Å². The van der Waals surface area contributed by atoms with Crippen molar-refractivity contribution in [2.75, 3.05) is 4.90 Å². The Morgan fingerprint density at radius 3 is 1.83 bits per heavy atom. The highest BCUT2D eigenvalue weighted by Gasteiger charge is 2.31. The summed E-state index contributed by atoms with van der Waals surface area (Å²) in [5.74, 6) is 0. The van der Waals surface area contributed by atoms with Crippen molar-refractivity contribution in [3.8, 4) is 33.8 Å². The smallest absolute Gasteiger partial charge is 0.0641 e. The number of hydrogen-bond donors (Lipinski definition) is 0. The first-order chi connectivity index (χ1) is 23.4. The van der Waals surface area contributed by atoms with E-state index in [2.05, 4.69) is 177 Å². The van der Waals surface area contributed by atoms with Gasteiger partial charge in [-0.1, -0.05) is 97.1 Å². The van der Waals surface area contributed by atoms with Gasteiger partial charge in [0.05, 0.1) is 33.6 Å². The van der Waals surface area contributed by atoms with E-state index in [0.717, 1.165) is 39.3 Å². The molecule has 0 unspecified atom stereocenters. The predicted octanol–water partition coefficient (Wildman–Crippen LogP) is 11.2. The summed E-state index contributed by atoms with van der Waals surface area (Å²) in [7, 11) is 0. The Morgan fingerprint density at radius 1 is 0.404 bits per heavy atom. The molecule has 0 saturated heterocycles. The van der Waals surface area contributed by atoms with Crippen LogP contribution in [0.3, 0.4) is 0 Å². The molecule has 0 fully saturated rings. The highest BCUT2D eigenvalue weighted by Crippen LogP contribution is 2.54. The van der Waals surface area contributed by atoms with Gasteiger partial charge in [0.25, 0.3) is 0 Å². The lowest BCUT2D eigenvalue weighted by Gasteiger charge is -2.28. The Hall–Kier alpha value is -6.39. The Kier molecular flexibility index (Phi) is 5.54. The second-order valence-electron chi connectivity index (χ2n) is 12.0. The van der Waals surface area contributed by atoms with Gasteiger partial charge < -0.3 is 14.0 Å². The van der Waals surface area contributed by atoms with E-state index in [4.69, 9.17) is 0 Å². The molecule has 4 nitrogen and oxygen atoms in total. The molecule has 0 N–H and O–H groups in total. The topological polar surface area (TPSA) is 26.0 Å². The average Bonchev–Trinajstić information content (AvgIpc) is 3.62. The van der Waals surface area contributed by atoms with Crippen molar-refractivity contribution in [3.63, 3.8) is 0 Å². The maximum atomic E-state index is 4.46. The number of rotatable bonds is 3. The molecule has 0 spiro atoms. The van der Waals surface area contributed by atoms with E-state index in [1.54, 1.807) is 0 Å². The fourth-order valence-electron chi connectivity index (χ4n) is 7.63. The van der Waals surface area contributed by atoms with Crippen LogP contribution in [0, 0.1) is 0 Å². The van der Waals surface area contributed by atoms with Gasteiger partial charge in [-0.3, -0.25) is 4.98 Å². The summed E-state index contributed by atoms with van der Waals surface area (Å²) >= 11 is 0. The summed E-state index contributed by atoms with van der Waals surface area (Å²) in [5, 5.41) is 3.59. The second kappa shape index (κ2) is 10.1. The molecular weight excluding hydrogens is 573 g/mol. The minimum absolute atomic E-state index is 1.10. The fourth-order valence-corrected chi connectivity index (χ4v) is 7.63. The zero-order chi connectivity index (χ0) is 30.9. The average molecular weight is 601 g/mol. The van der Waals surface area contributed by atoms with Gasteiger partial charge in [-0.25, -0.2) is 0 Å². The van der Waals surface area contributed by atoms with Gasteiger partial charge in [0.15, 0.2) is 0 Å². The quantitative estimate of drug-likeness (QED) is 0.202. The van der Waals surface area contributed by atoms with Crippen molar-refractivity contribution < 1.29 is 0 Å². The Balaban J connectivity index is 1.28. The third-order valence-corrected chi connectivity index (χ3v) is 9.52. The van der Waals surface area contributed by atoms with Crippen molar-refractivity contribution >= 4 is 49.8 Å².